The van der Waals surface area contributed by atoms with E-state index in [2.05, 4.69) is 0 Å². The zero-order valence-electron chi connectivity index (χ0n) is 13.4. The fourth-order valence-electron chi connectivity index (χ4n) is 2.52. The van der Waals surface area contributed by atoms with Crippen molar-refractivity contribution in [3.63, 3.8) is 0 Å². The van der Waals surface area contributed by atoms with Gasteiger partial charge in [0.2, 0.25) is 0 Å². The van der Waals surface area contributed by atoms with Gasteiger partial charge in [0.15, 0.2) is 12.4 Å². The molecule has 0 bridgehead atoms. The summed E-state index contributed by atoms with van der Waals surface area (Å²) in [5, 5.41) is 10.8. The van der Waals surface area contributed by atoms with E-state index in [1.54, 1.807) is 30.3 Å². The van der Waals surface area contributed by atoms with Gasteiger partial charge in [-0.05, 0) is 46.7 Å². The zero-order valence-corrected chi connectivity index (χ0v) is 13.4. The number of rotatable bonds is 6. The van der Waals surface area contributed by atoms with Gasteiger partial charge in [-0.2, -0.15) is 0 Å². The van der Waals surface area contributed by atoms with Gasteiger partial charge in [0.1, 0.15) is 5.75 Å². The molecule has 0 radical (unpaired) electrons. The largest absolute Gasteiger partial charge is 0.482 e. The molecule has 0 heterocycles. The minimum absolute atomic E-state index is 0.127. The molecule has 1 N–H and O–H groups in total. The molecule has 0 fully saturated rings. The number of carboxylic acids is 1. The first-order valence-electron chi connectivity index (χ1n) is 7.78. The van der Waals surface area contributed by atoms with Crippen LogP contribution in [-0.2, 0) is 4.79 Å². The van der Waals surface area contributed by atoms with Gasteiger partial charge in [0.05, 0.1) is 0 Å². The summed E-state index contributed by atoms with van der Waals surface area (Å²) >= 11 is 0. The van der Waals surface area contributed by atoms with Gasteiger partial charge in [-0.1, -0.05) is 48.5 Å². The number of ether oxygens (including phenoxy) is 1. The predicted molar refractivity (Wildman–Crippen MR) is 96.9 cm³/mol. The van der Waals surface area contributed by atoms with E-state index in [-0.39, 0.29) is 5.78 Å². The molecule has 4 heteroatoms. The van der Waals surface area contributed by atoms with Crippen molar-refractivity contribution in [3.8, 4) is 5.75 Å². The highest BCUT2D eigenvalue weighted by Gasteiger charge is 2.04. The zero-order chi connectivity index (χ0) is 17.6. The van der Waals surface area contributed by atoms with Crippen LogP contribution in [0.1, 0.15) is 15.9 Å². The highest BCUT2D eigenvalue weighted by atomic mass is 16.5. The maximum Gasteiger partial charge on any atom is 0.341 e. The topological polar surface area (TPSA) is 63.6 Å². The summed E-state index contributed by atoms with van der Waals surface area (Å²) in [6, 6.07) is 20.4. The molecule has 4 nitrogen and oxygen atoms in total. The Morgan fingerprint density at radius 3 is 2.40 bits per heavy atom. The van der Waals surface area contributed by atoms with Crippen LogP contribution in [0, 0.1) is 0 Å². The van der Waals surface area contributed by atoms with Crippen molar-refractivity contribution in [3.05, 3.63) is 83.9 Å². The molecule has 3 aromatic rings. The molecule has 0 aliphatic rings. The molecule has 0 aromatic heterocycles. The third kappa shape index (κ3) is 4.12. The quantitative estimate of drug-likeness (QED) is 0.543. The highest BCUT2D eigenvalue weighted by molar-refractivity contribution is 6.07. The number of carbonyl (C=O) groups excluding carboxylic acids is 1. The molecule has 0 saturated carbocycles. The summed E-state index contributed by atoms with van der Waals surface area (Å²) in [6.45, 7) is -0.408. The van der Waals surface area contributed by atoms with E-state index in [9.17, 15) is 9.59 Å². The van der Waals surface area contributed by atoms with Gasteiger partial charge >= 0.3 is 5.97 Å². The van der Waals surface area contributed by atoms with Crippen molar-refractivity contribution in [2.75, 3.05) is 6.61 Å². The Hall–Kier alpha value is -3.40. The van der Waals surface area contributed by atoms with Crippen molar-refractivity contribution in [2.24, 2.45) is 0 Å². The second kappa shape index (κ2) is 7.45. The first kappa shape index (κ1) is 16.5. The lowest BCUT2D eigenvalue weighted by molar-refractivity contribution is -0.139. The molecular formula is C21H16O4. The predicted octanol–water partition coefficient (Wildman–Crippen LogP) is 4.20. The molecular weight excluding hydrogens is 316 g/mol. The second-order valence-electron chi connectivity index (χ2n) is 5.47. The van der Waals surface area contributed by atoms with Crippen LogP contribution in [0.15, 0.2) is 72.8 Å². The molecule has 0 saturated heterocycles. The molecule has 25 heavy (non-hydrogen) atoms. The monoisotopic (exact) mass is 332 g/mol. The van der Waals surface area contributed by atoms with Crippen molar-refractivity contribution >= 4 is 28.6 Å². The normalized spacial score (nSPS) is 10.9. The molecule has 0 spiro atoms. The third-order valence-electron chi connectivity index (χ3n) is 3.74. The molecule has 124 valence electrons. The number of allylic oxidation sites excluding steroid dienone is 1. The van der Waals surface area contributed by atoms with E-state index < -0.39 is 12.6 Å². The number of carbonyl (C=O) groups is 2. The Labute approximate surface area is 145 Å². The van der Waals surface area contributed by atoms with Gasteiger partial charge in [-0.25, -0.2) is 4.79 Å². The Morgan fingerprint density at radius 1 is 0.920 bits per heavy atom. The molecule has 0 atom stereocenters. The Bertz CT molecular complexity index is 934. The number of hydrogen-bond acceptors (Lipinski definition) is 3. The number of benzene rings is 3. The van der Waals surface area contributed by atoms with E-state index in [0.717, 1.165) is 16.3 Å². The van der Waals surface area contributed by atoms with Crippen LogP contribution in [0.25, 0.3) is 16.8 Å². The van der Waals surface area contributed by atoms with Gasteiger partial charge in [0.25, 0.3) is 0 Å². The summed E-state index contributed by atoms with van der Waals surface area (Å²) in [5.41, 5.74) is 1.49. The summed E-state index contributed by atoms with van der Waals surface area (Å²) < 4.78 is 5.05. The maximum absolute atomic E-state index is 12.3. The van der Waals surface area contributed by atoms with E-state index >= 15 is 0 Å². The molecule has 3 aromatic carbocycles. The molecule has 0 unspecified atom stereocenters. The standard InChI is InChI=1S/C21H16O4/c22-20(17-8-11-18(12-9-17)25-14-21(23)24)13-10-16-6-3-5-15-4-1-2-7-19(15)16/h1-13H,14H2,(H,23,24)/b13-10+. The van der Waals surface area contributed by atoms with E-state index in [4.69, 9.17) is 9.84 Å². The van der Waals surface area contributed by atoms with Crippen molar-refractivity contribution in [2.45, 2.75) is 0 Å². The van der Waals surface area contributed by atoms with E-state index in [0.29, 0.717) is 11.3 Å². The average Bonchev–Trinajstić information content (AvgIpc) is 2.64. The van der Waals surface area contributed by atoms with Gasteiger partial charge in [-0.3, -0.25) is 4.79 Å². The Balaban J connectivity index is 1.75. The lowest BCUT2D eigenvalue weighted by Gasteiger charge is -2.04. The van der Waals surface area contributed by atoms with Crippen LogP contribution < -0.4 is 4.74 Å². The van der Waals surface area contributed by atoms with Crippen LogP contribution >= 0.6 is 0 Å². The fraction of sp³-hybridized carbons (Fsp3) is 0.0476. The molecule has 0 aliphatic heterocycles. The van der Waals surface area contributed by atoms with Gasteiger partial charge < -0.3 is 9.84 Å². The molecule has 0 aliphatic carbocycles. The first-order chi connectivity index (χ1) is 12.1. The average molecular weight is 332 g/mol. The van der Waals surface area contributed by atoms with Gasteiger partial charge in [0, 0.05) is 5.56 Å². The van der Waals surface area contributed by atoms with Crippen LogP contribution in [0.2, 0.25) is 0 Å². The minimum Gasteiger partial charge on any atom is -0.482 e. The second-order valence-corrected chi connectivity index (χ2v) is 5.47. The van der Waals surface area contributed by atoms with Crippen molar-refractivity contribution < 1.29 is 19.4 Å². The maximum atomic E-state index is 12.3. The summed E-state index contributed by atoms with van der Waals surface area (Å²) in [7, 11) is 0. The number of aliphatic carboxylic acids is 1. The van der Waals surface area contributed by atoms with Crippen LogP contribution in [0.4, 0.5) is 0 Å². The number of carboxylic acid groups (broad SMARTS) is 1. The summed E-state index contributed by atoms with van der Waals surface area (Å²) in [6.07, 6.45) is 3.34. The van der Waals surface area contributed by atoms with Crippen LogP contribution in [0.5, 0.6) is 5.75 Å². The summed E-state index contributed by atoms with van der Waals surface area (Å²) in [4.78, 5) is 22.8. The lowest BCUT2D eigenvalue weighted by Crippen LogP contribution is -2.09. The summed E-state index contributed by atoms with van der Waals surface area (Å²) in [5.74, 6) is -0.757. The third-order valence-corrected chi connectivity index (χ3v) is 3.74. The number of ketones is 1. The van der Waals surface area contributed by atoms with Gasteiger partial charge in [-0.15, -0.1) is 0 Å². The minimum atomic E-state index is -1.04. The molecule has 3 rings (SSSR count). The lowest BCUT2D eigenvalue weighted by atomic mass is 10.0. The number of fused-ring (bicyclic) bond motifs is 1. The first-order valence-corrected chi connectivity index (χ1v) is 7.78. The molecule has 0 amide bonds. The van der Waals surface area contributed by atoms with E-state index in [1.165, 1.54) is 6.08 Å². The smallest absolute Gasteiger partial charge is 0.341 e. The highest BCUT2D eigenvalue weighted by Crippen LogP contribution is 2.20. The van der Waals surface area contributed by atoms with Crippen molar-refractivity contribution in [1.29, 1.82) is 0 Å². The fourth-order valence-corrected chi connectivity index (χ4v) is 2.52. The van der Waals surface area contributed by atoms with E-state index in [1.807, 2.05) is 42.5 Å². The number of hydrogen-bond donors (Lipinski definition) is 1. The Morgan fingerprint density at radius 2 is 1.64 bits per heavy atom. The van der Waals surface area contributed by atoms with Crippen molar-refractivity contribution in [1.82, 2.24) is 0 Å². The Kier molecular flexibility index (Phi) is 4.90. The van der Waals surface area contributed by atoms with Crippen LogP contribution in [0.3, 0.4) is 0 Å². The van der Waals surface area contributed by atoms with Crippen LogP contribution in [-0.4, -0.2) is 23.5 Å². The SMILES string of the molecule is O=C(O)COc1ccc(C(=O)/C=C/c2cccc3ccccc23)cc1.